The van der Waals surface area contributed by atoms with Crippen molar-refractivity contribution in [1.82, 2.24) is 9.55 Å². The highest BCUT2D eigenvalue weighted by atomic mass is 16.2. The number of nitrogens with zero attached hydrogens (tertiary/aromatic N) is 3. The van der Waals surface area contributed by atoms with Gasteiger partial charge in [0.25, 0.3) is 0 Å². The van der Waals surface area contributed by atoms with Gasteiger partial charge in [0.05, 0.1) is 11.0 Å². The highest BCUT2D eigenvalue weighted by Crippen LogP contribution is 2.73. The lowest BCUT2D eigenvalue weighted by atomic mass is 9.34. The minimum Gasteiger partial charge on any atom is -0.295 e. The number of aromatic nitrogens is 2. The van der Waals surface area contributed by atoms with Gasteiger partial charge in [-0.05, 0) is 79.1 Å². The van der Waals surface area contributed by atoms with Crippen molar-refractivity contribution in [3.63, 3.8) is 0 Å². The second kappa shape index (κ2) is 8.12. The monoisotopic (exact) mass is 527 g/mol. The van der Waals surface area contributed by atoms with Crippen molar-refractivity contribution in [1.29, 1.82) is 5.26 Å². The van der Waals surface area contributed by atoms with E-state index >= 15 is 0 Å². The third-order valence-electron chi connectivity index (χ3n) is 12.7. The second-order valence-electron chi connectivity index (χ2n) is 14.8. The molecule has 0 saturated heterocycles. The molecule has 1 heterocycles. The van der Waals surface area contributed by atoms with Crippen molar-refractivity contribution in [3.05, 3.63) is 42.0 Å². The smallest absolute Gasteiger partial charge is 0.238 e. The highest BCUT2D eigenvalue weighted by Gasteiger charge is 2.70. The number of nitriles is 1. The van der Waals surface area contributed by atoms with E-state index in [0.717, 1.165) is 50.5 Å². The van der Waals surface area contributed by atoms with E-state index in [0.29, 0.717) is 0 Å². The molecule has 39 heavy (non-hydrogen) atoms. The molecule has 3 saturated carbocycles. The van der Waals surface area contributed by atoms with Crippen molar-refractivity contribution in [2.24, 2.45) is 50.7 Å². The van der Waals surface area contributed by atoms with Crippen molar-refractivity contribution in [2.45, 2.75) is 86.5 Å². The van der Waals surface area contributed by atoms with Gasteiger partial charge in [0, 0.05) is 29.6 Å². The zero-order valence-electron chi connectivity index (χ0n) is 24.2. The first-order valence-corrected chi connectivity index (χ1v) is 14.7. The van der Waals surface area contributed by atoms with E-state index in [-0.39, 0.29) is 63.0 Å². The number of Topliss-reactive ketones (excluding diaryl/α,β-unsaturated/α-hetero) is 1. The minimum atomic E-state index is -0.571. The van der Waals surface area contributed by atoms with Gasteiger partial charge in [0.15, 0.2) is 11.6 Å². The first-order valence-electron chi connectivity index (χ1n) is 14.7. The van der Waals surface area contributed by atoms with Crippen LogP contribution in [0, 0.1) is 62.1 Å². The fraction of sp³-hybridized carbons (Fsp3) is 0.667. The van der Waals surface area contributed by atoms with Gasteiger partial charge in [-0.25, -0.2) is 4.98 Å². The predicted octanol–water partition coefficient (Wildman–Crippen LogP) is 6.35. The predicted molar refractivity (Wildman–Crippen MR) is 147 cm³/mol. The fourth-order valence-corrected chi connectivity index (χ4v) is 10.3. The Balaban J connectivity index is 1.52. The third kappa shape index (κ3) is 3.25. The van der Waals surface area contributed by atoms with E-state index in [9.17, 15) is 19.6 Å². The molecule has 0 spiro atoms. The maximum absolute atomic E-state index is 14.5. The maximum atomic E-state index is 14.5. The number of carbonyl (C=O) groups is 3. The SMILES string of the molecule is C[C@@H]1C(=O)C(C#N)=C[C@]2(C)C3=CC(=O)[C@H]4C5CC(C)(C)CC[C@]5(C(=O)n5ccnc5)CC[C@@]4(C)[C@]3(C)CC[C@@H]12. The molecular formula is C33H41N3O3. The van der Waals surface area contributed by atoms with Crippen LogP contribution in [0.2, 0.25) is 0 Å². The van der Waals surface area contributed by atoms with Gasteiger partial charge in [-0.2, -0.15) is 5.26 Å². The van der Waals surface area contributed by atoms with E-state index in [1.807, 2.05) is 19.1 Å². The van der Waals surface area contributed by atoms with Crippen LogP contribution < -0.4 is 0 Å². The third-order valence-corrected chi connectivity index (χ3v) is 12.7. The Morgan fingerprint density at radius 2 is 1.77 bits per heavy atom. The lowest BCUT2D eigenvalue weighted by Gasteiger charge is -2.68. The van der Waals surface area contributed by atoms with E-state index < -0.39 is 10.8 Å². The number of carbonyl (C=O) groups excluding carboxylic acids is 3. The molecule has 0 N–H and O–H groups in total. The van der Waals surface area contributed by atoms with Crippen LogP contribution >= 0.6 is 0 Å². The summed E-state index contributed by atoms with van der Waals surface area (Å²) in [5, 5.41) is 9.81. The molecule has 0 bridgehead atoms. The molecule has 8 atom stereocenters. The average molecular weight is 528 g/mol. The first kappa shape index (κ1) is 26.4. The van der Waals surface area contributed by atoms with E-state index in [4.69, 9.17) is 0 Å². The van der Waals surface area contributed by atoms with E-state index in [1.54, 1.807) is 23.3 Å². The van der Waals surface area contributed by atoms with Crippen LogP contribution in [0.1, 0.15) is 91.3 Å². The zero-order valence-corrected chi connectivity index (χ0v) is 24.2. The van der Waals surface area contributed by atoms with Crippen molar-refractivity contribution in [3.8, 4) is 6.07 Å². The fourth-order valence-electron chi connectivity index (χ4n) is 10.3. The molecule has 5 aliphatic carbocycles. The summed E-state index contributed by atoms with van der Waals surface area (Å²) in [5.41, 5.74) is -0.274. The number of hydrogen-bond donors (Lipinski definition) is 0. The van der Waals surface area contributed by atoms with Gasteiger partial charge in [-0.1, -0.05) is 53.2 Å². The highest BCUT2D eigenvalue weighted by molar-refractivity contribution is 6.02. The van der Waals surface area contributed by atoms with Crippen LogP contribution in [-0.4, -0.2) is 27.0 Å². The molecule has 5 aliphatic rings. The number of allylic oxidation sites excluding steroid dienone is 4. The molecule has 1 aromatic rings. The number of hydrogen-bond acceptors (Lipinski definition) is 5. The molecule has 0 radical (unpaired) electrons. The molecular weight excluding hydrogens is 486 g/mol. The van der Waals surface area contributed by atoms with E-state index in [2.05, 4.69) is 45.7 Å². The normalized spacial score (nSPS) is 44.5. The Morgan fingerprint density at radius 3 is 2.44 bits per heavy atom. The molecule has 1 aromatic heterocycles. The Bertz CT molecular complexity index is 1380. The van der Waals surface area contributed by atoms with Gasteiger partial charge >= 0.3 is 0 Å². The average Bonchev–Trinajstić information content (AvgIpc) is 3.42. The summed E-state index contributed by atoms with van der Waals surface area (Å²) in [6, 6.07) is 2.16. The number of ketones is 2. The van der Waals surface area contributed by atoms with Crippen LogP contribution in [0.25, 0.3) is 0 Å². The Labute approximate surface area is 231 Å². The molecule has 6 heteroatoms. The summed E-state index contributed by atoms with van der Waals surface area (Å²) < 4.78 is 1.64. The number of fused-ring (bicyclic) bond motifs is 7. The summed E-state index contributed by atoms with van der Waals surface area (Å²) in [4.78, 5) is 45.8. The zero-order chi connectivity index (χ0) is 28.2. The molecule has 6 rings (SSSR count). The van der Waals surface area contributed by atoms with E-state index in [1.165, 1.54) is 0 Å². The molecule has 6 nitrogen and oxygen atoms in total. The lowest BCUT2D eigenvalue weighted by Crippen LogP contribution is -2.65. The molecule has 0 amide bonds. The first-order chi connectivity index (χ1) is 18.2. The molecule has 1 unspecified atom stereocenters. The van der Waals surface area contributed by atoms with Crippen LogP contribution in [0.3, 0.4) is 0 Å². The Morgan fingerprint density at radius 1 is 1.05 bits per heavy atom. The van der Waals surface area contributed by atoms with Gasteiger partial charge < -0.3 is 0 Å². The lowest BCUT2D eigenvalue weighted by molar-refractivity contribution is -0.162. The van der Waals surface area contributed by atoms with Crippen LogP contribution in [-0.2, 0) is 9.59 Å². The summed E-state index contributed by atoms with van der Waals surface area (Å²) >= 11 is 0. The molecule has 206 valence electrons. The Hall–Kier alpha value is -2.81. The molecule has 0 aliphatic heterocycles. The number of rotatable bonds is 1. The van der Waals surface area contributed by atoms with Gasteiger partial charge in [0.2, 0.25) is 5.91 Å². The van der Waals surface area contributed by atoms with Gasteiger partial charge in [-0.15, -0.1) is 0 Å². The summed E-state index contributed by atoms with van der Waals surface area (Å²) in [6.45, 7) is 13.3. The number of imidazole rings is 1. The van der Waals surface area contributed by atoms with Crippen molar-refractivity contribution in [2.75, 3.05) is 0 Å². The standard InChI is InChI=1S/C33H41N3O3/c1-20-22-7-8-31(5)25(30(22,4)16-21(18-34)27(20)38)15-24(37)26-23-17-29(2,3)9-11-33(23,12-10-32(26,31)6)28(39)36-14-13-35-19-36/h13-16,19-20,22-23,26H,7-12,17H2,1-6H3/t20-,22-,23?,26+,30-,31+,32+,33-/m0/s1. The van der Waals surface area contributed by atoms with Crippen molar-refractivity contribution < 1.29 is 14.4 Å². The second-order valence-corrected chi connectivity index (χ2v) is 14.8. The minimum absolute atomic E-state index is 0.0420. The van der Waals surface area contributed by atoms with Crippen LogP contribution in [0.5, 0.6) is 0 Å². The van der Waals surface area contributed by atoms with Crippen molar-refractivity contribution >= 4 is 17.5 Å². The maximum Gasteiger partial charge on any atom is 0.238 e. The molecule has 0 aromatic carbocycles. The largest absolute Gasteiger partial charge is 0.295 e. The summed E-state index contributed by atoms with van der Waals surface area (Å²) in [6.07, 6.45) is 14.8. The quantitative estimate of drug-likeness (QED) is 0.424. The Kier molecular flexibility index (Phi) is 5.50. The summed E-state index contributed by atoms with van der Waals surface area (Å²) in [7, 11) is 0. The van der Waals surface area contributed by atoms with Crippen LogP contribution in [0.15, 0.2) is 42.0 Å². The van der Waals surface area contributed by atoms with Gasteiger partial charge in [-0.3, -0.25) is 19.0 Å². The topological polar surface area (TPSA) is 92.8 Å². The summed E-state index contributed by atoms with van der Waals surface area (Å²) in [5.74, 6) is -0.296. The van der Waals surface area contributed by atoms with Gasteiger partial charge in [0.1, 0.15) is 12.4 Å². The molecule has 3 fully saturated rings. The van der Waals surface area contributed by atoms with Crippen LogP contribution in [0.4, 0.5) is 0 Å².